The van der Waals surface area contributed by atoms with Crippen LogP contribution in [0.1, 0.15) is 39.0 Å². The van der Waals surface area contributed by atoms with Crippen LogP contribution in [0, 0.1) is 6.92 Å². The van der Waals surface area contributed by atoms with Crippen molar-refractivity contribution < 1.29 is 32.9 Å². The number of alkyl halides is 1. The summed E-state index contributed by atoms with van der Waals surface area (Å²) in [5, 5.41) is 12.6. The van der Waals surface area contributed by atoms with E-state index in [1.807, 2.05) is 4.98 Å². The van der Waals surface area contributed by atoms with Crippen LogP contribution in [0.5, 0.6) is 0 Å². The maximum Gasteiger partial charge on any atom is 0.330 e. The normalized spacial score (nSPS) is 26.0. The summed E-state index contributed by atoms with van der Waals surface area (Å²) in [6, 6.07) is -0.849. The van der Waals surface area contributed by atoms with Crippen molar-refractivity contribution in [2.45, 2.75) is 70.9 Å². The average Bonchev–Trinajstić information content (AvgIpc) is 2.95. The monoisotopic (exact) mass is 451 g/mol. The van der Waals surface area contributed by atoms with Gasteiger partial charge in [0.25, 0.3) is 13.7 Å². The van der Waals surface area contributed by atoms with Crippen LogP contribution in [-0.4, -0.2) is 57.8 Å². The van der Waals surface area contributed by atoms with Crippen molar-refractivity contribution in [3.05, 3.63) is 32.6 Å². The SMILES string of the molecule is CC[C@H](N[PH](=O)OCC1O[C@H](n2cc(C)c(=O)[nH]c2=O)C(F)[C@@H]1O)C(=O)OC(C)C. The second-order valence-corrected chi connectivity index (χ2v) is 8.32. The third-order valence-electron chi connectivity index (χ3n) is 4.43. The minimum atomic E-state index is -2.94. The summed E-state index contributed by atoms with van der Waals surface area (Å²) in [5.41, 5.74) is -1.35. The number of H-pyrrole nitrogens is 1. The van der Waals surface area contributed by atoms with Crippen molar-refractivity contribution in [1.29, 1.82) is 0 Å². The molecule has 2 heterocycles. The molecule has 30 heavy (non-hydrogen) atoms. The molecule has 0 spiro atoms. The molecular weight excluding hydrogens is 424 g/mol. The molecule has 0 amide bonds. The van der Waals surface area contributed by atoms with Crippen molar-refractivity contribution in [2.24, 2.45) is 0 Å². The first-order chi connectivity index (χ1) is 14.0. The number of hydrogen-bond donors (Lipinski definition) is 3. The molecule has 170 valence electrons. The molecule has 1 aliphatic heterocycles. The molecule has 13 heteroatoms. The Hall–Kier alpha value is -1.85. The second kappa shape index (κ2) is 10.5. The number of halogens is 1. The van der Waals surface area contributed by atoms with Crippen LogP contribution in [-0.2, 0) is 23.4 Å². The van der Waals surface area contributed by atoms with Gasteiger partial charge in [-0.2, -0.15) is 0 Å². The molecule has 1 fully saturated rings. The summed E-state index contributed by atoms with van der Waals surface area (Å²) in [5.74, 6) is -0.580. The molecule has 3 unspecified atom stereocenters. The molecule has 0 aliphatic carbocycles. The highest BCUT2D eigenvalue weighted by Crippen LogP contribution is 2.32. The highest BCUT2D eigenvalue weighted by atomic mass is 31.1. The number of carbonyl (C=O) groups is 1. The van der Waals surface area contributed by atoms with Gasteiger partial charge in [-0.25, -0.2) is 14.3 Å². The van der Waals surface area contributed by atoms with E-state index in [9.17, 15) is 28.4 Å². The number of aromatic amines is 1. The standard InChI is InChI=1S/C17H27FN3O8P/c1-5-10(16(24)28-8(2)3)20-30(26)27-7-11-13(22)12(18)15(29-11)21-6-9(4)14(23)19-17(21)25/h6,8,10-13,15,22,30H,5,7H2,1-4H3,(H,20,26)(H,19,23,25)/t10-,11?,12?,13+,15-/m0/s1. The van der Waals surface area contributed by atoms with E-state index in [2.05, 4.69) is 5.09 Å². The van der Waals surface area contributed by atoms with Crippen molar-refractivity contribution >= 4 is 14.1 Å². The minimum absolute atomic E-state index is 0.160. The number of rotatable bonds is 9. The first kappa shape index (κ1) is 24.4. The molecule has 1 aromatic heterocycles. The lowest BCUT2D eigenvalue weighted by Gasteiger charge is -2.19. The van der Waals surface area contributed by atoms with E-state index in [1.165, 1.54) is 6.92 Å². The molecule has 0 aromatic carbocycles. The maximum absolute atomic E-state index is 14.5. The Balaban J connectivity index is 1.99. The molecule has 1 saturated heterocycles. The molecule has 3 N–H and O–H groups in total. The Morgan fingerprint density at radius 3 is 2.73 bits per heavy atom. The van der Waals surface area contributed by atoms with Crippen LogP contribution in [0.15, 0.2) is 15.8 Å². The molecule has 2 rings (SSSR count). The van der Waals surface area contributed by atoms with Crippen LogP contribution in [0.4, 0.5) is 4.39 Å². The first-order valence-electron chi connectivity index (χ1n) is 9.48. The van der Waals surface area contributed by atoms with Crippen LogP contribution in [0.2, 0.25) is 0 Å². The van der Waals surface area contributed by atoms with Gasteiger partial charge >= 0.3 is 11.7 Å². The number of hydrogen-bond acceptors (Lipinski definition) is 8. The van der Waals surface area contributed by atoms with E-state index in [4.69, 9.17) is 14.0 Å². The molecule has 0 radical (unpaired) electrons. The first-order valence-corrected chi connectivity index (χ1v) is 10.8. The van der Waals surface area contributed by atoms with Gasteiger partial charge in [0.2, 0.25) is 0 Å². The third-order valence-corrected chi connectivity index (χ3v) is 5.44. The summed E-state index contributed by atoms with van der Waals surface area (Å²) in [7, 11) is -2.94. The number of aromatic nitrogens is 2. The van der Waals surface area contributed by atoms with Gasteiger partial charge in [-0.15, -0.1) is 0 Å². The molecular formula is C17H27FN3O8P. The van der Waals surface area contributed by atoms with Gasteiger partial charge in [-0.1, -0.05) is 6.92 Å². The van der Waals surface area contributed by atoms with Gasteiger partial charge in [-0.05, 0) is 27.2 Å². The zero-order chi connectivity index (χ0) is 22.6. The number of aliphatic hydroxyl groups is 1. The van der Waals surface area contributed by atoms with E-state index in [1.54, 1.807) is 20.8 Å². The minimum Gasteiger partial charge on any atom is -0.462 e. The van der Waals surface area contributed by atoms with E-state index in [-0.39, 0.29) is 11.7 Å². The van der Waals surface area contributed by atoms with Crippen LogP contribution < -0.4 is 16.3 Å². The van der Waals surface area contributed by atoms with Crippen molar-refractivity contribution in [1.82, 2.24) is 14.6 Å². The quantitative estimate of drug-likeness (QED) is 0.353. The van der Waals surface area contributed by atoms with E-state index in [0.29, 0.717) is 6.42 Å². The van der Waals surface area contributed by atoms with Gasteiger partial charge in [0, 0.05) is 11.8 Å². The van der Waals surface area contributed by atoms with Gasteiger partial charge in [0.05, 0.1) is 12.7 Å². The molecule has 0 bridgehead atoms. The van der Waals surface area contributed by atoms with Gasteiger partial charge in [0.15, 0.2) is 12.4 Å². The largest absolute Gasteiger partial charge is 0.462 e. The topological polar surface area (TPSA) is 149 Å². The summed E-state index contributed by atoms with van der Waals surface area (Å²) in [6.45, 7) is 6.04. The number of ether oxygens (including phenoxy) is 2. The Morgan fingerprint density at radius 1 is 1.47 bits per heavy atom. The molecule has 0 saturated carbocycles. The number of aryl methyl sites for hydroxylation is 1. The van der Waals surface area contributed by atoms with Crippen LogP contribution >= 0.6 is 8.18 Å². The fourth-order valence-corrected chi connectivity index (χ4v) is 3.83. The van der Waals surface area contributed by atoms with E-state index in [0.717, 1.165) is 10.8 Å². The van der Waals surface area contributed by atoms with Crippen LogP contribution in [0.3, 0.4) is 0 Å². The van der Waals surface area contributed by atoms with Crippen molar-refractivity contribution in [2.75, 3.05) is 6.61 Å². The average molecular weight is 451 g/mol. The van der Waals surface area contributed by atoms with Gasteiger partial charge in [-0.3, -0.25) is 23.7 Å². The maximum atomic E-state index is 14.5. The highest BCUT2D eigenvalue weighted by Gasteiger charge is 2.46. The summed E-state index contributed by atoms with van der Waals surface area (Å²) in [6.07, 6.45) is -5.25. The third kappa shape index (κ3) is 5.86. The predicted molar refractivity (Wildman–Crippen MR) is 104 cm³/mol. The van der Waals surface area contributed by atoms with Crippen molar-refractivity contribution in [3.8, 4) is 0 Å². The van der Waals surface area contributed by atoms with Crippen molar-refractivity contribution in [3.63, 3.8) is 0 Å². The molecule has 1 aromatic rings. The number of aliphatic hydroxyl groups excluding tert-OH is 1. The zero-order valence-corrected chi connectivity index (χ0v) is 18.1. The Bertz CT molecular complexity index is 888. The predicted octanol–water partition coefficient (Wildman–Crippen LogP) is 0.168. The van der Waals surface area contributed by atoms with Gasteiger partial charge < -0.3 is 19.1 Å². The molecule has 1 aliphatic rings. The highest BCUT2D eigenvalue weighted by molar-refractivity contribution is 7.36. The number of carbonyl (C=O) groups excluding carboxylic acids is 1. The second-order valence-electron chi connectivity index (χ2n) is 7.17. The molecule has 11 nitrogen and oxygen atoms in total. The summed E-state index contributed by atoms with van der Waals surface area (Å²) in [4.78, 5) is 37.4. The summed E-state index contributed by atoms with van der Waals surface area (Å²) >= 11 is 0. The Kier molecular flexibility index (Phi) is 8.51. The van der Waals surface area contributed by atoms with Crippen LogP contribution in [0.25, 0.3) is 0 Å². The molecule has 6 atom stereocenters. The Labute approximate surface area is 172 Å². The van der Waals surface area contributed by atoms with E-state index < -0.39 is 62.7 Å². The zero-order valence-electron chi connectivity index (χ0n) is 17.1. The lowest BCUT2D eigenvalue weighted by molar-refractivity contribution is -0.149. The lowest BCUT2D eigenvalue weighted by atomic mass is 10.1. The lowest BCUT2D eigenvalue weighted by Crippen LogP contribution is -2.37. The summed E-state index contributed by atoms with van der Waals surface area (Å²) < 4.78 is 43.1. The fourth-order valence-electron chi connectivity index (χ4n) is 2.82. The van der Waals surface area contributed by atoms with E-state index >= 15 is 0 Å². The number of esters is 1. The fraction of sp³-hybridized carbons (Fsp3) is 0.706. The van der Waals surface area contributed by atoms with Gasteiger partial charge in [0.1, 0.15) is 18.2 Å². The Morgan fingerprint density at radius 2 is 2.13 bits per heavy atom. The smallest absolute Gasteiger partial charge is 0.330 e. The number of nitrogens with zero attached hydrogens (tertiary/aromatic N) is 1. The number of nitrogens with one attached hydrogen (secondary N) is 2.